The number of aromatic nitrogens is 1. The van der Waals surface area contributed by atoms with E-state index in [0.717, 1.165) is 22.0 Å². The molecule has 2 rings (SSSR count). The van der Waals surface area contributed by atoms with E-state index >= 15 is 0 Å². The molecular weight excluding hydrogens is 254 g/mol. The SMILES string of the molecule is COC(=O)CCCSc1nc2ccccc2s1. The second-order valence-corrected chi connectivity index (χ2v) is 5.85. The van der Waals surface area contributed by atoms with E-state index in [0.29, 0.717) is 6.42 Å². The highest BCUT2D eigenvalue weighted by molar-refractivity contribution is 8.01. The lowest BCUT2D eigenvalue weighted by Gasteiger charge is -1.97. The second kappa shape index (κ2) is 6.02. The van der Waals surface area contributed by atoms with Gasteiger partial charge in [-0.2, -0.15) is 0 Å². The summed E-state index contributed by atoms with van der Waals surface area (Å²) in [4.78, 5) is 15.4. The smallest absolute Gasteiger partial charge is 0.305 e. The zero-order valence-electron chi connectivity index (χ0n) is 9.51. The summed E-state index contributed by atoms with van der Waals surface area (Å²) in [6.45, 7) is 0. The van der Waals surface area contributed by atoms with Crippen molar-refractivity contribution in [3.05, 3.63) is 24.3 Å². The van der Waals surface area contributed by atoms with Crippen molar-refractivity contribution in [1.82, 2.24) is 4.98 Å². The summed E-state index contributed by atoms with van der Waals surface area (Å²) < 4.78 is 6.87. The second-order valence-electron chi connectivity index (χ2n) is 3.48. The molecule has 0 N–H and O–H groups in total. The van der Waals surface area contributed by atoms with Crippen molar-refractivity contribution in [2.45, 2.75) is 17.2 Å². The number of rotatable bonds is 5. The first-order chi connectivity index (χ1) is 8.29. The van der Waals surface area contributed by atoms with Gasteiger partial charge in [-0.05, 0) is 18.6 Å². The average molecular weight is 267 g/mol. The van der Waals surface area contributed by atoms with Crippen molar-refractivity contribution in [1.29, 1.82) is 0 Å². The molecule has 2 aromatic rings. The third-order valence-electron chi connectivity index (χ3n) is 2.25. The summed E-state index contributed by atoms with van der Waals surface area (Å²) in [5, 5.41) is 0. The number of fused-ring (bicyclic) bond motifs is 1. The molecule has 0 amide bonds. The fourth-order valence-corrected chi connectivity index (χ4v) is 3.47. The maximum Gasteiger partial charge on any atom is 0.305 e. The van der Waals surface area contributed by atoms with Gasteiger partial charge >= 0.3 is 5.97 Å². The quantitative estimate of drug-likeness (QED) is 0.473. The van der Waals surface area contributed by atoms with Gasteiger partial charge in [-0.3, -0.25) is 4.79 Å². The highest BCUT2D eigenvalue weighted by Crippen LogP contribution is 2.29. The Kier molecular flexibility index (Phi) is 4.39. The molecule has 0 aliphatic heterocycles. The predicted octanol–water partition coefficient (Wildman–Crippen LogP) is 3.34. The largest absolute Gasteiger partial charge is 0.469 e. The van der Waals surface area contributed by atoms with Crippen molar-refractivity contribution >= 4 is 39.3 Å². The number of para-hydroxylation sites is 1. The van der Waals surface area contributed by atoms with Crippen LogP contribution in [0.4, 0.5) is 0 Å². The van der Waals surface area contributed by atoms with Gasteiger partial charge in [-0.15, -0.1) is 11.3 Å². The van der Waals surface area contributed by atoms with Crippen molar-refractivity contribution in [2.24, 2.45) is 0 Å². The number of carbonyl (C=O) groups is 1. The van der Waals surface area contributed by atoms with Crippen LogP contribution in [0.25, 0.3) is 10.2 Å². The molecule has 1 heterocycles. The van der Waals surface area contributed by atoms with Gasteiger partial charge in [0.2, 0.25) is 0 Å². The Bertz CT molecular complexity index is 477. The summed E-state index contributed by atoms with van der Waals surface area (Å²) in [7, 11) is 1.42. The van der Waals surface area contributed by atoms with E-state index in [9.17, 15) is 4.79 Å². The van der Waals surface area contributed by atoms with Gasteiger partial charge in [0.25, 0.3) is 0 Å². The zero-order valence-corrected chi connectivity index (χ0v) is 11.1. The van der Waals surface area contributed by atoms with E-state index in [-0.39, 0.29) is 5.97 Å². The van der Waals surface area contributed by atoms with E-state index in [1.54, 1.807) is 23.1 Å². The third-order valence-corrected chi connectivity index (χ3v) is 4.52. The Labute approximate surface area is 108 Å². The van der Waals surface area contributed by atoms with Crippen LogP contribution < -0.4 is 0 Å². The van der Waals surface area contributed by atoms with E-state index < -0.39 is 0 Å². The van der Waals surface area contributed by atoms with Gasteiger partial charge in [-0.25, -0.2) is 4.98 Å². The van der Waals surface area contributed by atoms with Crippen LogP contribution in [0.15, 0.2) is 28.6 Å². The Hall–Kier alpha value is -1.07. The number of carbonyl (C=O) groups excluding carboxylic acids is 1. The minimum absolute atomic E-state index is 0.144. The van der Waals surface area contributed by atoms with Crippen LogP contribution in [0, 0.1) is 0 Å². The summed E-state index contributed by atoms with van der Waals surface area (Å²) in [5.41, 5.74) is 1.05. The first kappa shape index (κ1) is 12.4. The molecule has 3 nitrogen and oxygen atoms in total. The summed E-state index contributed by atoms with van der Waals surface area (Å²) >= 11 is 3.40. The van der Waals surface area contributed by atoms with Crippen LogP contribution in [-0.2, 0) is 9.53 Å². The van der Waals surface area contributed by atoms with E-state index in [2.05, 4.69) is 15.8 Å². The van der Waals surface area contributed by atoms with Gasteiger partial charge in [0.05, 0.1) is 17.3 Å². The predicted molar refractivity (Wildman–Crippen MR) is 71.6 cm³/mol. The summed E-state index contributed by atoms with van der Waals surface area (Å²) in [5.74, 6) is 0.754. The molecule has 0 unspecified atom stereocenters. The normalized spacial score (nSPS) is 10.6. The molecule has 0 spiro atoms. The van der Waals surface area contributed by atoms with E-state index in [1.807, 2.05) is 18.2 Å². The van der Waals surface area contributed by atoms with Crippen LogP contribution in [0.5, 0.6) is 0 Å². The molecule has 0 atom stereocenters. The van der Waals surface area contributed by atoms with Crippen molar-refractivity contribution in [2.75, 3.05) is 12.9 Å². The maximum atomic E-state index is 10.9. The van der Waals surface area contributed by atoms with Gasteiger partial charge in [0.1, 0.15) is 0 Å². The average Bonchev–Trinajstić information content (AvgIpc) is 2.76. The Balaban J connectivity index is 1.85. The Morgan fingerprint density at radius 1 is 1.47 bits per heavy atom. The van der Waals surface area contributed by atoms with Gasteiger partial charge in [-0.1, -0.05) is 23.9 Å². The van der Waals surface area contributed by atoms with E-state index in [4.69, 9.17) is 0 Å². The van der Waals surface area contributed by atoms with Crippen molar-refractivity contribution < 1.29 is 9.53 Å². The molecule has 0 aliphatic carbocycles. The van der Waals surface area contributed by atoms with Crippen LogP contribution in [0.3, 0.4) is 0 Å². The number of hydrogen-bond acceptors (Lipinski definition) is 5. The number of methoxy groups -OCH3 is 1. The standard InChI is InChI=1S/C12H13NO2S2/c1-15-11(14)7-4-8-16-12-13-9-5-2-3-6-10(9)17-12/h2-3,5-6H,4,7-8H2,1H3. The van der Waals surface area contributed by atoms with Crippen LogP contribution >= 0.6 is 23.1 Å². The molecule has 0 radical (unpaired) electrons. The highest BCUT2D eigenvalue weighted by atomic mass is 32.2. The molecule has 5 heteroatoms. The van der Waals surface area contributed by atoms with Gasteiger partial charge in [0.15, 0.2) is 4.34 Å². The fourth-order valence-electron chi connectivity index (χ4n) is 1.39. The van der Waals surface area contributed by atoms with Crippen LogP contribution in [0.1, 0.15) is 12.8 Å². The molecule has 90 valence electrons. The van der Waals surface area contributed by atoms with Crippen molar-refractivity contribution in [3.63, 3.8) is 0 Å². The number of hydrogen-bond donors (Lipinski definition) is 0. The zero-order chi connectivity index (χ0) is 12.1. The molecule has 0 fully saturated rings. The summed E-state index contributed by atoms with van der Waals surface area (Å²) in [6.07, 6.45) is 1.31. The molecule has 0 aliphatic rings. The summed E-state index contributed by atoms with van der Waals surface area (Å²) in [6, 6.07) is 8.11. The topological polar surface area (TPSA) is 39.2 Å². The monoisotopic (exact) mass is 267 g/mol. The molecule has 0 bridgehead atoms. The van der Waals surface area contributed by atoms with Crippen LogP contribution in [0.2, 0.25) is 0 Å². The number of ether oxygens (including phenoxy) is 1. The van der Waals surface area contributed by atoms with Crippen LogP contribution in [-0.4, -0.2) is 23.8 Å². The minimum Gasteiger partial charge on any atom is -0.469 e. The maximum absolute atomic E-state index is 10.9. The first-order valence-corrected chi connectivity index (χ1v) is 7.15. The third kappa shape index (κ3) is 3.44. The van der Waals surface area contributed by atoms with E-state index in [1.165, 1.54) is 11.8 Å². The Morgan fingerprint density at radius 3 is 3.06 bits per heavy atom. The van der Waals surface area contributed by atoms with Crippen molar-refractivity contribution in [3.8, 4) is 0 Å². The number of esters is 1. The minimum atomic E-state index is -0.144. The number of nitrogens with zero attached hydrogens (tertiary/aromatic N) is 1. The lowest BCUT2D eigenvalue weighted by atomic mass is 10.3. The highest BCUT2D eigenvalue weighted by Gasteiger charge is 2.04. The Morgan fingerprint density at radius 2 is 2.29 bits per heavy atom. The molecule has 1 aromatic carbocycles. The van der Waals surface area contributed by atoms with Gasteiger partial charge < -0.3 is 4.74 Å². The fraction of sp³-hybridized carbons (Fsp3) is 0.333. The van der Waals surface area contributed by atoms with Gasteiger partial charge in [0, 0.05) is 12.2 Å². The molecular formula is C12H13NO2S2. The lowest BCUT2D eigenvalue weighted by Crippen LogP contribution is -1.99. The lowest BCUT2D eigenvalue weighted by molar-refractivity contribution is -0.140. The first-order valence-electron chi connectivity index (χ1n) is 5.35. The number of thioether (sulfide) groups is 1. The molecule has 0 saturated heterocycles. The molecule has 17 heavy (non-hydrogen) atoms. The number of benzene rings is 1. The number of thiazole rings is 1. The molecule has 0 saturated carbocycles. The molecule has 1 aromatic heterocycles.